The molecule has 104 valence electrons. The van der Waals surface area contributed by atoms with Gasteiger partial charge in [0.25, 0.3) is 0 Å². The summed E-state index contributed by atoms with van der Waals surface area (Å²) >= 11 is 1.45. The Bertz CT molecular complexity index is 699. The Morgan fingerprint density at radius 2 is 2.00 bits per heavy atom. The second-order valence-corrected chi connectivity index (χ2v) is 7.39. The predicted molar refractivity (Wildman–Crippen MR) is 74.9 cm³/mol. The Labute approximate surface area is 116 Å². The molecule has 0 radical (unpaired) electrons. The van der Waals surface area contributed by atoms with Gasteiger partial charge in [0, 0.05) is 22.4 Å². The third-order valence-corrected chi connectivity index (χ3v) is 5.55. The number of hydrogen-bond donors (Lipinski definition) is 1. The van der Waals surface area contributed by atoms with E-state index in [-0.39, 0.29) is 0 Å². The SMILES string of the molecule is CCNS(=O)(=O)c1c(C)sc(C)c1-c1cc(C)no1. The molecule has 0 unspecified atom stereocenters. The zero-order valence-electron chi connectivity index (χ0n) is 11.3. The quantitative estimate of drug-likeness (QED) is 0.942. The van der Waals surface area contributed by atoms with Crippen molar-refractivity contribution in [2.75, 3.05) is 6.54 Å². The second kappa shape index (κ2) is 5.07. The van der Waals surface area contributed by atoms with Crippen LogP contribution >= 0.6 is 11.3 Å². The number of nitrogens with zero attached hydrogens (tertiary/aromatic N) is 1. The number of aromatic nitrogens is 1. The van der Waals surface area contributed by atoms with E-state index in [9.17, 15) is 8.42 Å². The lowest BCUT2D eigenvalue weighted by Crippen LogP contribution is -2.23. The molecular weight excluding hydrogens is 284 g/mol. The van der Waals surface area contributed by atoms with Gasteiger partial charge in [-0.1, -0.05) is 12.1 Å². The molecule has 0 spiro atoms. The summed E-state index contributed by atoms with van der Waals surface area (Å²) in [4.78, 5) is 1.96. The van der Waals surface area contributed by atoms with Crippen LogP contribution in [0.25, 0.3) is 11.3 Å². The van der Waals surface area contributed by atoms with Crippen LogP contribution in [-0.2, 0) is 10.0 Å². The van der Waals surface area contributed by atoms with Crippen LogP contribution in [-0.4, -0.2) is 20.1 Å². The van der Waals surface area contributed by atoms with Gasteiger partial charge in [0.05, 0.1) is 11.3 Å². The van der Waals surface area contributed by atoms with Gasteiger partial charge in [-0.05, 0) is 20.8 Å². The molecule has 19 heavy (non-hydrogen) atoms. The van der Waals surface area contributed by atoms with Gasteiger partial charge >= 0.3 is 0 Å². The lowest BCUT2D eigenvalue weighted by molar-refractivity contribution is 0.426. The molecule has 0 aliphatic heterocycles. The van der Waals surface area contributed by atoms with E-state index in [0.717, 1.165) is 15.4 Å². The zero-order chi connectivity index (χ0) is 14.2. The van der Waals surface area contributed by atoms with Crippen molar-refractivity contribution in [1.82, 2.24) is 9.88 Å². The Hall–Kier alpha value is -1.18. The van der Waals surface area contributed by atoms with Crippen LogP contribution in [0.4, 0.5) is 0 Å². The van der Waals surface area contributed by atoms with Gasteiger partial charge in [0.2, 0.25) is 10.0 Å². The Morgan fingerprint density at radius 3 is 2.53 bits per heavy atom. The average molecular weight is 300 g/mol. The van der Waals surface area contributed by atoms with Crippen LogP contribution in [0.2, 0.25) is 0 Å². The number of rotatable bonds is 4. The van der Waals surface area contributed by atoms with E-state index >= 15 is 0 Å². The summed E-state index contributed by atoms with van der Waals surface area (Å²) in [5, 5.41) is 3.83. The molecule has 0 atom stereocenters. The summed E-state index contributed by atoms with van der Waals surface area (Å²) in [6.45, 7) is 7.60. The molecule has 0 saturated carbocycles. The summed E-state index contributed by atoms with van der Waals surface area (Å²) in [6.07, 6.45) is 0. The smallest absolute Gasteiger partial charge is 0.242 e. The van der Waals surface area contributed by atoms with E-state index in [2.05, 4.69) is 9.88 Å². The minimum Gasteiger partial charge on any atom is -0.356 e. The fourth-order valence-electron chi connectivity index (χ4n) is 2.02. The molecule has 5 nitrogen and oxygen atoms in total. The van der Waals surface area contributed by atoms with Crippen molar-refractivity contribution < 1.29 is 12.9 Å². The largest absolute Gasteiger partial charge is 0.356 e. The number of nitrogens with one attached hydrogen (secondary N) is 1. The van der Waals surface area contributed by atoms with E-state index in [1.165, 1.54) is 11.3 Å². The minimum atomic E-state index is -3.52. The van der Waals surface area contributed by atoms with E-state index in [4.69, 9.17) is 4.52 Å². The lowest BCUT2D eigenvalue weighted by atomic mass is 10.2. The highest BCUT2D eigenvalue weighted by Crippen LogP contribution is 2.38. The molecule has 2 aromatic rings. The average Bonchev–Trinajstić information content (AvgIpc) is 2.82. The molecule has 0 aromatic carbocycles. The molecule has 7 heteroatoms. The monoisotopic (exact) mass is 300 g/mol. The van der Waals surface area contributed by atoms with Crippen LogP contribution in [0.5, 0.6) is 0 Å². The van der Waals surface area contributed by atoms with Crippen LogP contribution in [0.1, 0.15) is 22.4 Å². The molecular formula is C12H16N2O3S2. The molecule has 2 rings (SSSR count). The van der Waals surface area contributed by atoms with Crippen molar-refractivity contribution in [1.29, 1.82) is 0 Å². The Balaban J connectivity index is 2.69. The molecule has 0 saturated heterocycles. The van der Waals surface area contributed by atoms with Gasteiger partial charge < -0.3 is 4.52 Å². The number of sulfonamides is 1. The Kier molecular flexibility index (Phi) is 3.80. The van der Waals surface area contributed by atoms with Gasteiger partial charge in [-0.2, -0.15) is 0 Å². The second-order valence-electron chi connectivity index (χ2n) is 4.25. The van der Waals surface area contributed by atoms with Crippen LogP contribution < -0.4 is 4.72 Å². The number of aryl methyl sites for hydroxylation is 3. The fourth-order valence-corrected chi connectivity index (χ4v) is 4.92. The van der Waals surface area contributed by atoms with Crippen molar-refractivity contribution in [2.45, 2.75) is 32.6 Å². The highest BCUT2D eigenvalue weighted by Gasteiger charge is 2.27. The maximum absolute atomic E-state index is 12.3. The fraction of sp³-hybridized carbons (Fsp3) is 0.417. The van der Waals surface area contributed by atoms with Crippen LogP contribution in [0, 0.1) is 20.8 Å². The first-order chi connectivity index (χ1) is 8.86. The standard InChI is InChI=1S/C12H16N2O3S2/c1-5-13-19(15,16)12-9(4)18-8(3)11(12)10-6-7(2)14-17-10/h6,13H,5H2,1-4H3. The summed E-state index contributed by atoms with van der Waals surface area (Å²) in [6, 6.07) is 1.75. The van der Waals surface area contributed by atoms with Gasteiger partial charge in [0.15, 0.2) is 5.76 Å². The van der Waals surface area contributed by atoms with E-state index in [0.29, 0.717) is 22.8 Å². The van der Waals surface area contributed by atoms with Gasteiger partial charge in [0.1, 0.15) is 4.90 Å². The van der Waals surface area contributed by atoms with Crippen molar-refractivity contribution >= 4 is 21.4 Å². The predicted octanol–water partition coefficient (Wildman–Crippen LogP) is 2.63. The molecule has 2 heterocycles. The first kappa shape index (κ1) is 14.2. The van der Waals surface area contributed by atoms with E-state index in [1.807, 2.05) is 6.92 Å². The summed E-state index contributed by atoms with van der Waals surface area (Å²) in [7, 11) is -3.52. The minimum absolute atomic E-state index is 0.299. The lowest BCUT2D eigenvalue weighted by Gasteiger charge is -2.06. The molecule has 0 bridgehead atoms. The summed E-state index contributed by atoms with van der Waals surface area (Å²) in [5.74, 6) is 0.496. The summed E-state index contributed by atoms with van der Waals surface area (Å²) in [5.41, 5.74) is 1.34. The Morgan fingerprint density at radius 1 is 1.32 bits per heavy atom. The maximum atomic E-state index is 12.3. The van der Waals surface area contributed by atoms with E-state index in [1.54, 1.807) is 26.8 Å². The molecule has 1 N–H and O–H groups in total. The van der Waals surface area contributed by atoms with Gasteiger partial charge in [-0.15, -0.1) is 11.3 Å². The highest BCUT2D eigenvalue weighted by molar-refractivity contribution is 7.89. The van der Waals surface area contributed by atoms with Crippen molar-refractivity contribution in [3.63, 3.8) is 0 Å². The molecule has 0 amide bonds. The van der Waals surface area contributed by atoms with Crippen molar-refractivity contribution in [2.24, 2.45) is 0 Å². The van der Waals surface area contributed by atoms with Crippen molar-refractivity contribution in [3.8, 4) is 11.3 Å². The normalized spacial score (nSPS) is 12.0. The van der Waals surface area contributed by atoms with Gasteiger partial charge in [-0.3, -0.25) is 0 Å². The molecule has 2 aromatic heterocycles. The van der Waals surface area contributed by atoms with Crippen molar-refractivity contribution in [3.05, 3.63) is 21.5 Å². The third kappa shape index (κ3) is 2.58. The first-order valence-electron chi connectivity index (χ1n) is 5.90. The molecule has 0 aliphatic rings. The first-order valence-corrected chi connectivity index (χ1v) is 8.20. The highest BCUT2D eigenvalue weighted by atomic mass is 32.2. The zero-order valence-corrected chi connectivity index (χ0v) is 12.9. The number of thiophene rings is 1. The van der Waals surface area contributed by atoms with Crippen LogP contribution in [0.15, 0.2) is 15.5 Å². The van der Waals surface area contributed by atoms with E-state index < -0.39 is 10.0 Å². The number of hydrogen-bond acceptors (Lipinski definition) is 5. The van der Waals surface area contributed by atoms with Crippen LogP contribution in [0.3, 0.4) is 0 Å². The molecule has 0 aliphatic carbocycles. The summed E-state index contributed by atoms with van der Waals surface area (Å²) < 4.78 is 32.4. The molecule has 0 fully saturated rings. The topological polar surface area (TPSA) is 72.2 Å². The maximum Gasteiger partial charge on any atom is 0.242 e. The third-order valence-electron chi connectivity index (χ3n) is 2.68. The van der Waals surface area contributed by atoms with Gasteiger partial charge in [-0.25, -0.2) is 13.1 Å².